The SMILES string of the molecule is CNCC1(OCC2CCCCC2)CCC(C(C)C)CC1. The Morgan fingerprint density at radius 3 is 2.25 bits per heavy atom. The van der Waals surface area contributed by atoms with Crippen molar-refractivity contribution < 1.29 is 4.74 Å². The van der Waals surface area contributed by atoms with E-state index in [1.807, 2.05) is 0 Å². The minimum atomic E-state index is 0.136. The molecule has 20 heavy (non-hydrogen) atoms. The number of hydrogen-bond acceptors (Lipinski definition) is 2. The number of nitrogens with one attached hydrogen (secondary N) is 1. The normalized spacial score (nSPS) is 32.7. The molecule has 2 saturated carbocycles. The van der Waals surface area contributed by atoms with Gasteiger partial charge in [-0.1, -0.05) is 33.1 Å². The Morgan fingerprint density at radius 1 is 1.05 bits per heavy atom. The highest BCUT2D eigenvalue weighted by atomic mass is 16.5. The standard InChI is InChI=1S/C18H35NO/c1-15(2)17-9-11-18(12-10-17,14-19-3)20-13-16-7-5-4-6-8-16/h15-17,19H,4-14H2,1-3H3. The quantitative estimate of drug-likeness (QED) is 0.779. The molecule has 2 nitrogen and oxygen atoms in total. The van der Waals surface area contributed by atoms with Crippen LogP contribution < -0.4 is 5.32 Å². The predicted molar refractivity (Wildman–Crippen MR) is 86.0 cm³/mol. The van der Waals surface area contributed by atoms with Gasteiger partial charge in [0.05, 0.1) is 12.2 Å². The summed E-state index contributed by atoms with van der Waals surface area (Å²) in [5, 5.41) is 3.39. The van der Waals surface area contributed by atoms with Crippen LogP contribution in [0.1, 0.15) is 71.6 Å². The second kappa shape index (κ2) is 7.79. The van der Waals surface area contributed by atoms with E-state index in [9.17, 15) is 0 Å². The molecular weight excluding hydrogens is 246 g/mol. The van der Waals surface area contributed by atoms with Crippen molar-refractivity contribution in [2.24, 2.45) is 17.8 Å². The molecular formula is C18H35NO. The van der Waals surface area contributed by atoms with Crippen molar-refractivity contribution in [1.29, 1.82) is 0 Å². The number of hydrogen-bond donors (Lipinski definition) is 1. The highest BCUT2D eigenvalue weighted by molar-refractivity contribution is 4.90. The second-order valence-electron chi connectivity index (χ2n) is 7.61. The van der Waals surface area contributed by atoms with Gasteiger partial charge in [0.15, 0.2) is 0 Å². The molecule has 0 bridgehead atoms. The summed E-state index contributed by atoms with van der Waals surface area (Å²) in [5.41, 5.74) is 0.136. The van der Waals surface area contributed by atoms with Gasteiger partial charge in [0.2, 0.25) is 0 Å². The van der Waals surface area contributed by atoms with E-state index < -0.39 is 0 Å². The molecule has 2 fully saturated rings. The molecule has 2 rings (SSSR count). The van der Waals surface area contributed by atoms with Crippen molar-refractivity contribution >= 4 is 0 Å². The van der Waals surface area contributed by atoms with Crippen LogP contribution in [0.3, 0.4) is 0 Å². The summed E-state index contributed by atoms with van der Waals surface area (Å²) in [5.74, 6) is 2.58. The first-order chi connectivity index (χ1) is 9.65. The molecule has 2 aliphatic rings. The maximum atomic E-state index is 6.52. The molecule has 0 amide bonds. The van der Waals surface area contributed by atoms with Crippen LogP contribution >= 0.6 is 0 Å². The van der Waals surface area contributed by atoms with Gasteiger partial charge in [-0.25, -0.2) is 0 Å². The molecule has 0 heterocycles. The van der Waals surface area contributed by atoms with Crippen molar-refractivity contribution in [2.45, 2.75) is 77.2 Å². The Morgan fingerprint density at radius 2 is 1.70 bits per heavy atom. The zero-order valence-corrected chi connectivity index (χ0v) is 13.9. The minimum absolute atomic E-state index is 0.136. The van der Waals surface area contributed by atoms with Crippen molar-refractivity contribution in [2.75, 3.05) is 20.2 Å². The third-order valence-corrected chi connectivity index (χ3v) is 5.73. The third-order valence-electron chi connectivity index (χ3n) is 5.73. The first-order valence-electron chi connectivity index (χ1n) is 8.94. The lowest BCUT2D eigenvalue weighted by molar-refractivity contribution is -0.0936. The molecule has 0 atom stereocenters. The lowest BCUT2D eigenvalue weighted by atomic mass is 9.74. The fourth-order valence-electron chi connectivity index (χ4n) is 4.18. The highest BCUT2D eigenvalue weighted by Crippen LogP contribution is 2.38. The summed E-state index contributed by atoms with van der Waals surface area (Å²) < 4.78 is 6.52. The van der Waals surface area contributed by atoms with Crippen molar-refractivity contribution in [3.05, 3.63) is 0 Å². The van der Waals surface area contributed by atoms with Gasteiger partial charge in [-0.3, -0.25) is 0 Å². The summed E-state index contributed by atoms with van der Waals surface area (Å²) in [6.07, 6.45) is 12.3. The molecule has 118 valence electrons. The Labute approximate surface area is 126 Å². The van der Waals surface area contributed by atoms with Gasteiger partial charge in [0.25, 0.3) is 0 Å². The van der Waals surface area contributed by atoms with E-state index in [2.05, 4.69) is 26.2 Å². The van der Waals surface area contributed by atoms with Crippen LogP contribution in [0, 0.1) is 17.8 Å². The summed E-state index contributed by atoms with van der Waals surface area (Å²) in [6.45, 7) is 6.79. The van der Waals surface area contributed by atoms with Gasteiger partial charge in [-0.2, -0.15) is 0 Å². The largest absolute Gasteiger partial charge is 0.373 e. The lowest BCUT2D eigenvalue weighted by Crippen LogP contribution is -2.46. The molecule has 0 radical (unpaired) electrons. The van der Waals surface area contributed by atoms with Gasteiger partial charge in [-0.15, -0.1) is 0 Å². The van der Waals surface area contributed by atoms with Gasteiger partial charge in [0, 0.05) is 6.54 Å². The maximum absolute atomic E-state index is 6.52. The van der Waals surface area contributed by atoms with Crippen molar-refractivity contribution in [3.8, 4) is 0 Å². The summed E-state index contributed by atoms with van der Waals surface area (Å²) >= 11 is 0. The van der Waals surface area contributed by atoms with E-state index in [0.717, 1.165) is 30.9 Å². The molecule has 2 aliphatic carbocycles. The summed E-state index contributed by atoms with van der Waals surface area (Å²) in [6, 6.07) is 0. The summed E-state index contributed by atoms with van der Waals surface area (Å²) in [4.78, 5) is 0. The van der Waals surface area contributed by atoms with E-state index in [1.165, 1.54) is 57.8 Å². The lowest BCUT2D eigenvalue weighted by Gasteiger charge is -2.42. The Bertz CT molecular complexity index is 263. The molecule has 0 unspecified atom stereocenters. The van der Waals surface area contributed by atoms with Crippen LogP contribution in [0.25, 0.3) is 0 Å². The monoisotopic (exact) mass is 281 g/mol. The van der Waals surface area contributed by atoms with E-state index in [-0.39, 0.29) is 5.60 Å². The molecule has 0 spiro atoms. The van der Waals surface area contributed by atoms with Gasteiger partial charge >= 0.3 is 0 Å². The van der Waals surface area contributed by atoms with Crippen LogP contribution in [0.5, 0.6) is 0 Å². The molecule has 0 aromatic heterocycles. The van der Waals surface area contributed by atoms with Crippen LogP contribution in [0.15, 0.2) is 0 Å². The molecule has 0 aliphatic heterocycles. The van der Waals surface area contributed by atoms with E-state index >= 15 is 0 Å². The Hall–Kier alpha value is -0.0800. The molecule has 2 heteroatoms. The zero-order chi connectivity index (χ0) is 14.4. The zero-order valence-electron chi connectivity index (χ0n) is 13.9. The van der Waals surface area contributed by atoms with Crippen molar-refractivity contribution in [1.82, 2.24) is 5.32 Å². The molecule has 0 aromatic carbocycles. The van der Waals surface area contributed by atoms with E-state index in [4.69, 9.17) is 4.74 Å². The van der Waals surface area contributed by atoms with Crippen LogP contribution in [-0.2, 0) is 4.74 Å². The van der Waals surface area contributed by atoms with Gasteiger partial charge in [0.1, 0.15) is 0 Å². The smallest absolute Gasteiger partial charge is 0.0806 e. The average molecular weight is 281 g/mol. The number of rotatable bonds is 6. The minimum Gasteiger partial charge on any atom is -0.373 e. The second-order valence-corrected chi connectivity index (χ2v) is 7.61. The highest BCUT2D eigenvalue weighted by Gasteiger charge is 2.37. The van der Waals surface area contributed by atoms with Crippen molar-refractivity contribution in [3.63, 3.8) is 0 Å². The fourth-order valence-corrected chi connectivity index (χ4v) is 4.18. The van der Waals surface area contributed by atoms with Crippen LogP contribution in [0.2, 0.25) is 0 Å². The molecule has 1 N–H and O–H groups in total. The topological polar surface area (TPSA) is 21.3 Å². The number of ether oxygens (including phenoxy) is 1. The number of likely N-dealkylation sites (N-methyl/N-ethyl adjacent to an activating group) is 1. The predicted octanol–water partition coefficient (Wildman–Crippen LogP) is 4.39. The first-order valence-corrected chi connectivity index (χ1v) is 8.94. The average Bonchev–Trinajstić information content (AvgIpc) is 2.47. The van der Waals surface area contributed by atoms with E-state index in [1.54, 1.807) is 0 Å². The maximum Gasteiger partial charge on any atom is 0.0806 e. The van der Waals surface area contributed by atoms with Crippen LogP contribution in [0.4, 0.5) is 0 Å². The molecule has 0 saturated heterocycles. The Kier molecular flexibility index (Phi) is 6.35. The Balaban J connectivity index is 1.83. The van der Waals surface area contributed by atoms with Gasteiger partial charge < -0.3 is 10.1 Å². The van der Waals surface area contributed by atoms with E-state index in [0.29, 0.717) is 0 Å². The van der Waals surface area contributed by atoms with Crippen LogP contribution in [-0.4, -0.2) is 25.8 Å². The third kappa shape index (κ3) is 4.46. The fraction of sp³-hybridized carbons (Fsp3) is 1.00. The summed E-state index contributed by atoms with van der Waals surface area (Å²) in [7, 11) is 2.07. The first kappa shape index (κ1) is 16.3. The van der Waals surface area contributed by atoms with Gasteiger partial charge in [-0.05, 0) is 63.3 Å². The molecule has 0 aromatic rings.